The van der Waals surface area contributed by atoms with Gasteiger partial charge in [0.2, 0.25) is 0 Å². The van der Waals surface area contributed by atoms with Crippen molar-refractivity contribution in [2.45, 2.75) is 13.3 Å². The maximum absolute atomic E-state index is 12.2. The highest BCUT2D eigenvalue weighted by molar-refractivity contribution is 6.37. The van der Waals surface area contributed by atoms with E-state index in [1.54, 1.807) is 6.08 Å². The molecule has 1 aromatic rings. The minimum atomic E-state index is -1.22. The smallest absolute Gasteiger partial charge is 0.337 e. The molecule has 0 aliphatic rings. The summed E-state index contributed by atoms with van der Waals surface area (Å²) in [6.45, 7) is 6.39. The van der Waals surface area contributed by atoms with E-state index in [0.717, 1.165) is 6.42 Å². The van der Waals surface area contributed by atoms with E-state index < -0.39 is 12.0 Å². The molecule has 0 spiro atoms. The summed E-state index contributed by atoms with van der Waals surface area (Å²) in [5, 5.41) is 12.0. The molecule has 2 N–H and O–H groups in total. The number of nitrogens with one attached hydrogen (secondary N) is 1. The number of carbonyl (C=O) groups is 2. The molecule has 114 valence electrons. The lowest BCUT2D eigenvalue weighted by atomic mass is 10.2. The first-order valence-electron chi connectivity index (χ1n) is 6.29. The number of carboxylic acid groups (broad SMARTS) is 1. The highest BCUT2D eigenvalue weighted by atomic mass is 35.5. The summed E-state index contributed by atoms with van der Waals surface area (Å²) in [5.41, 5.74) is -0.125. The van der Waals surface area contributed by atoms with E-state index in [1.807, 2.05) is 6.92 Å². The van der Waals surface area contributed by atoms with Crippen LogP contribution in [0.4, 0.5) is 10.5 Å². The van der Waals surface area contributed by atoms with Crippen molar-refractivity contribution in [3.63, 3.8) is 0 Å². The highest BCUT2D eigenvalue weighted by Gasteiger charge is 2.19. The average Bonchev–Trinajstić information content (AvgIpc) is 2.40. The predicted octanol–water partition coefficient (Wildman–Crippen LogP) is 4.12. The summed E-state index contributed by atoms with van der Waals surface area (Å²) in [5.74, 6) is -1.22. The molecule has 0 saturated heterocycles. The summed E-state index contributed by atoms with van der Waals surface area (Å²) < 4.78 is 0. The maximum Gasteiger partial charge on any atom is 0.337 e. The number of amides is 2. The summed E-state index contributed by atoms with van der Waals surface area (Å²) in [7, 11) is 0. The molecule has 0 saturated carbocycles. The van der Waals surface area contributed by atoms with Crippen molar-refractivity contribution < 1.29 is 14.7 Å². The van der Waals surface area contributed by atoms with E-state index in [2.05, 4.69) is 11.9 Å². The van der Waals surface area contributed by atoms with Crippen molar-refractivity contribution in [3.05, 3.63) is 40.4 Å². The van der Waals surface area contributed by atoms with Crippen molar-refractivity contribution >= 4 is 40.9 Å². The zero-order valence-corrected chi connectivity index (χ0v) is 13.0. The van der Waals surface area contributed by atoms with Crippen LogP contribution in [0.3, 0.4) is 0 Å². The average molecular weight is 331 g/mol. The quantitative estimate of drug-likeness (QED) is 0.770. The first-order valence-corrected chi connectivity index (χ1v) is 7.05. The van der Waals surface area contributed by atoms with Gasteiger partial charge in [0.05, 0.1) is 16.3 Å². The zero-order chi connectivity index (χ0) is 16.0. The molecule has 0 fully saturated rings. The molecule has 0 unspecified atom stereocenters. The van der Waals surface area contributed by atoms with Gasteiger partial charge < -0.3 is 15.3 Å². The van der Waals surface area contributed by atoms with Crippen LogP contribution in [0.2, 0.25) is 10.0 Å². The van der Waals surface area contributed by atoms with Gasteiger partial charge in [-0.1, -0.05) is 36.2 Å². The number of halogens is 2. The lowest BCUT2D eigenvalue weighted by Gasteiger charge is -2.22. The number of hydrogen-bond acceptors (Lipinski definition) is 2. The van der Waals surface area contributed by atoms with Gasteiger partial charge >= 0.3 is 12.0 Å². The molecule has 0 radical (unpaired) electrons. The molecular weight excluding hydrogens is 315 g/mol. The van der Waals surface area contributed by atoms with E-state index in [1.165, 1.54) is 17.0 Å². The molecule has 7 heteroatoms. The van der Waals surface area contributed by atoms with E-state index in [-0.39, 0.29) is 21.3 Å². The number of hydrogen-bond donors (Lipinski definition) is 2. The Morgan fingerprint density at radius 2 is 2.10 bits per heavy atom. The van der Waals surface area contributed by atoms with E-state index in [0.29, 0.717) is 13.1 Å². The fourth-order valence-corrected chi connectivity index (χ4v) is 2.30. The van der Waals surface area contributed by atoms with Crippen molar-refractivity contribution in [2.24, 2.45) is 0 Å². The second kappa shape index (κ2) is 7.90. The molecule has 0 heterocycles. The fraction of sp³-hybridized carbons (Fsp3) is 0.286. The van der Waals surface area contributed by atoms with Crippen LogP contribution < -0.4 is 5.32 Å². The maximum atomic E-state index is 12.2. The number of carboxylic acids is 1. The van der Waals surface area contributed by atoms with Gasteiger partial charge in [0.25, 0.3) is 0 Å². The third-order valence-electron chi connectivity index (χ3n) is 2.65. The second-order valence-corrected chi connectivity index (χ2v) is 5.12. The van der Waals surface area contributed by atoms with Gasteiger partial charge in [-0.3, -0.25) is 0 Å². The summed E-state index contributed by atoms with van der Waals surface area (Å²) in [6.07, 6.45) is 2.36. The monoisotopic (exact) mass is 330 g/mol. The normalized spacial score (nSPS) is 10.0. The van der Waals surface area contributed by atoms with Gasteiger partial charge in [-0.2, -0.15) is 0 Å². The van der Waals surface area contributed by atoms with E-state index in [4.69, 9.17) is 23.2 Å². The number of benzene rings is 1. The standard InChI is InChI=1S/C14H16Cl2N2O3/c1-3-5-18(6-4-2)14(21)17-12-10(13(19)20)7-9(15)8-11(12)16/h3,7-8H,1,4-6H2,2H3,(H,17,21)(H,19,20). The van der Waals surface area contributed by atoms with Crippen LogP contribution in [0, 0.1) is 0 Å². The first kappa shape index (κ1) is 17.3. The molecule has 21 heavy (non-hydrogen) atoms. The summed E-state index contributed by atoms with van der Waals surface area (Å²) in [6, 6.07) is 2.18. The summed E-state index contributed by atoms with van der Waals surface area (Å²) in [4.78, 5) is 24.9. The molecule has 0 aliphatic carbocycles. The van der Waals surface area contributed by atoms with Crippen LogP contribution in [0.5, 0.6) is 0 Å². The number of anilines is 1. The third kappa shape index (κ3) is 4.65. The van der Waals surface area contributed by atoms with Gasteiger partial charge in [0.15, 0.2) is 0 Å². The molecule has 1 rings (SSSR count). The van der Waals surface area contributed by atoms with Gasteiger partial charge in [0, 0.05) is 18.1 Å². The minimum Gasteiger partial charge on any atom is -0.478 e. The Kier molecular flexibility index (Phi) is 6.52. The molecule has 0 aromatic heterocycles. The zero-order valence-electron chi connectivity index (χ0n) is 11.5. The second-order valence-electron chi connectivity index (χ2n) is 4.28. The Hall–Kier alpha value is -1.72. The number of urea groups is 1. The highest BCUT2D eigenvalue weighted by Crippen LogP contribution is 2.30. The van der Waals surface area contributed by atoms with Crippen LogP contribution in [0.25, 0.3) is 0 Å². The molecule has 2 amide bonds. The van der Waals surface area contributed by atoms with Crippen LogP contribution in [0.15, 0.2) is 24.8 Å². The van der Waals surface area contributed by atoms with Crippen molar-refractivity contribution in [1.29, 1.82) is 0 Å². The Morgan fingerprint density at radius 1 is 1.43 bits per heavy atom. The number of nitrogens with zero attached hydrogens (tertiary/aromatic N) is 1. The third-order valence-corrected chi connectivity index (χ3v) is 3.16. The van der Waals surface area contributed by atoms with E-state index >= 15 is 0 Å². The fourth-order valence-electron chi connectivity index (χ4n) is 1.76. The predicted molar refractivity (Wildman–Crippen MR) is 84.5 cm³/mol. The molecule has 0 aliphatic heterocycles. The minimum absolute atomic E-state index is 0.0312. The van der Waals surface area contributed by atoms with Crippen molar-refractivity contribution in [2.75, 3.05) is 18.4 Å². The van der Waals surface area contributed by atoms with Crippen molar-refractivity contribution in [3.8, 4) is 0 Å². The first-order chi connectivity index (χ1) is 9.90. The largest absolute Gasteiger partial charge is 0.478 e. The Morgan fingerprint density at radius 3 is 2.62 bits per heavy atom. The van der Waals surface area contributed by atoms with Crippen molar-refractivity contribution in [1.82, 2.24) is 4.90 Å². The Labute approximate surface area is 133 Å². The SMILES string of the molecule is C=CCN(CCC)C(=O)Nc1c(Cl)cc(Cl)cc1C(=O)O. The lowest BCUT2D eigenvalue weighted by Crippen LogP contribution is -2.36. The Bertz CT molecular complexity index is 561. The van der Waals surface area contributed by atoms with Gasteiger partial charge in [-0.15, -0.1) is 6.58 Å². The Balaban J connectivity index is 3.08. The number of rotatable bonds is 6. The van der Waals surface area contributed by atoms with Crippen LogP contribution in [0.1, 0.15) is 23.7 Å². The lowest BCUT2D eigenvalue weighted by molar-refractivity contribution is 0.0698. The molecule has 5 nitrogen and oxygen atoms in total. The number of carbonyl (C=O) groups excluding carboxylic acids is 1. The molecule has 0 bridgehead atoms. The summed E-state index contributed by atoms with van der Waals surface area (Å²) >= 11 is 11.8. The molecule has 1 aromatic carbocycles. The van der Waals surface area contributed by atoms with Crippen LogP contribution in [-0.4, -0.2) is 35.1 Å². The topological polar surface area (TPSA) is 69.6 Å². The number of aromatic carboxylic acids is 1. The van der Waals surface area contributed by atoms with Crippen LogP contribution in [-0.2, 0) is 0 Å². The van der Waals surface area contributed by atoms with Gasteiger partial charge in [-0.05, 0) is 18.6 Å². The van der Waals surface area contributed by atoms with Gasteiger partial charge in [0.1, 0.15) is 0 Å². The molecule has 0 atom stereocenters. The van der Waals surface area contributed by atoms with Gasteiger partial charge in [-0.25, -0.2) is 9.59 Å². The van der Waals surface area contributed by atoms with E-state index in [9.17, 15) is 14.7 Å². The van der Waals surface area contributed by atoms with Crippen LogP contribution >= 0.6 is 23.2 Å². The molecular formula is C14H16Cl2N2O3.